The Morgan fingerprint density at radius 2 is 2.22 bits per heavy atom. The Kier molecular flexibility index (Phi) is 3.38. The van der Waals surface area contributed by atoms with Crippen molar-refractivity contribution in [2.24, 2.45) is 5.84 Å². The second-order valence-electron chi connectivity index (χ2n) is 4.02. The van der Waals surface area contributed by atoms with E-state index in [0.29, 0.717) is 18.2 Å². The van der Waals surface area contributed by atoms with Gasteiger partial charge in [0.25, 0.3) is 5.56 Å². The van der Waals surface area contributed by atoms with Crippen LogP contribution in [-0.4, -0.2) is 14.5 Å². The molecule has 0 amide bonds. The summed E-state index contributed by atoms with van der Waals surface area (Å²) in [5.41, 5.74) is 4.01. The number of aromatic nitrogens is 3. The second-order valence-corrected chi connectivity index (χ2v) is 4.02. The van der Waals surface area contributed by atoms with Gasteiger partial charge in [-0.25, -0.2) is 15.8 Å². The van der Waals surface area contributed by atoms with Gasteiger partial charge in [0.2, 0.25) is 0 Å². The van der Waals surface area contributed by atoms with Crippen molar-refractivity contribution < 1.29 is 0 Å². The third-order valence-corrected chi connectivity index (χ3v) is 2.68. The highest BCUT2D eigenvalue weighted by atomic mass is 16.1. The molecule has 0 aliphatic heterocycles. The maximum atomic E-state index is 11.9. The summed E-state index contributed by atoms with van der Waals surface area (Å²) < 4.78 is 1.59. The van der Waals surface area contributed by atoms with Gasteiger partial charge in [0.05, 0.1) is 6.54 Å². The summed E-state index contributed by atoms with van der Waals surface area (Å²) in [5.74, 6) is 6.62. The predicted molar refractivity (Wildman–Crippen MR) is 69.1 cm³/mol. The highest BCUT2D eigenvalue weighted by molar-refractivity contribution is 5.42. The van der Waals surface area contributed by atoms with E-state index >= 15 is 0 Å². The largest absolute Gasteiger partial charge is 0.308 e. The smallest absolute Gasteiger partial charge is 0.254 e. The van der Waals surface area contributed by atoms with Crippen LogP contribution >= 0.6 is 0 Å². The molecule has 0 spiro atoms. The zero-order valence-electron chi connectivity index (χ0n) is 10.3. The molecule has 0 saturated heterocycles. The van der Waals surface area contributed by atoms with E-state index < -0.39 is 0 Å². The minimum absolute atomic E-state index is 0.0770. The average Bonchev–Trinajstić information content (AvgIpc) is 2.34. The van der Waals surface area contributed by atoms with Crippen LogP contribution in [0.5, 0.6) is 0 Å². The molecule has 0 atom stereocenters. The van der Waals surface area contributed by atoms with Crippen LogP contribution in [0.2, 0.25) is 0 Å². The number of pyridine rings is 1. The molecule has 0 saturated carbocycles. The summed E-state index contributed by atoms with van der Waals surface area (Å²) in [4.78, 5) is 20.3. The lowest BCUT2D eigenvalue weighted by Crippen LogP contribution is -2.25. The van der Waals surface area contributed by atoms with Gasteiger partial charge in [-0.1, -0.05) is 6.07 Å². The zero-order chi connectivity index (χ0) is 13.1. The molecular weight excluding hydrogens is 230 g/mol. The maximum absolute atomic E-state index is 11.9. The van der Waals surface area contributed by atoms with E-state index in [2.05, 4.69) is 15.4 Å². The van der Waals surface area contributed by atoms with Gasteiger partial charge in [-0.05, 0) is 19.9 Å². The van der Waals surface area contributed by atoms with Crippen LogP contribution in [0.4, 0.5) is 5.82 Å². The average molecular weight is 245 g/mol. The molecule has 0 unspecified atom stereocenters. The van der Waals surface area contributed by atoms with E-state index in [0.717, 1.165) is 11.3 Å². The van der Waals surface area contributed by atoms with Crippen LogP contribution in [0.1, 0.15) is 17.1 Å². The standard InChI is InChI=1S/C12H15N5O/c1-8-6-11(18)17(9(2)15-8)7-10-4-3-5-14-12(10)16-13/h3-6H,7,13H2,1-2H3,(H,14,16). The highest BCUT2D eigenvalue weighted by Crippen LogP contribution is 2.11. The third kappa shape index (κ3) is 2.38. The second kappa shape index (κ2) is 4.97. The monoisotopic (exact) mass is 245 g/mol. The number of hydrazine groups is 1. The lowest BCUT2D eigenvalue weighted by Gasteiger charge is -2.12. The van der Waals surface area contributed by atoms with Crippen molar-refractivity contribution in [1.29, 1.82) is 0 Å². The Bertz CT molecular complexity index is 620. The highest BCUT2D eigenvalue weighted by Gasteiger charge is 2.07. The molecule has 6 heteroatoms. The lowest BCUT2D eigenvalue weighted by atomic mass is 10.2. The Hall–Kier alpha value is -2.21. The van der Waals surface area contributed by atoms with Crippen molar-refractivity contribution in [3.63, 3.8) is 0 Å². The van der Waals surface area contributed by atoms with Crippen LogP contribution in [0.15, 0.2) is 29.2 Å². The van der Waals surface area contributed by atoms with Crippen molar-refractivity contribution >= 4 is 5.82 Å². The minimum Gasteiger partial charge on any atom is -0.308 e. The quantitative estimate of drug-likeness (QED) is 0.610. The van der Waals surface area contributed by atoms with Crippen molar-refractivity contribution in [2.45, 2.75) is 20.4 Å². The van der Waals surface area contributed by atoms with E-state index in [1.54, 1.807) is 30.7 Å². The van der Waals surface area contributed by atoms with Gasteiger partial charge >= 0.3 is 0 Å². The van der Waals surface area contributed by atoms with E-state index in [4.69, 9.17) is 5.84 Å². The summed E-state index contributed by atoms with van der Waals surface area (Å²) in [7, 11) is 0. The molecular formula is C12H15N5O. The molecule has 2 heterocycles. The van der Waals surface area contributed by atoms with Crippen LogP contribution < -0.4 is 16.8 Å². The first-order valence-electron chi connectivity index (χ1n) is 5.57. The van der Waals surface area contributed by atoms with Crippen LogP contribution in [0.3, 0.4) is 0 Å². The molecule has 2 aromatic heterocycles. The van der Waals surface area contributed by atoms with Gasteiger partial charge in [0.15, 0.2) is 0 Å². The molecule has 2 aromatic rings. The fourth-order valence-corrected chi connectivity index (χ4v) is 1.82. The number of hydrogen-bond donors (Lipinski definition) is 2. The minimum atomic E-state index is -0.0770. The molecule has 0 radical (unpaired) electrons. The number of nitrogen functional groups attached to an aromatic ring is 1. The van der Waals surface area contributed by atoms with Crippen LogP contribution in [-0.2, 0) is 6.54 Å². The molecule has 6 nitrogen and oxygen atoms in total. The molecule has 0 bridgehead atoms. The number of nitrogens with zero attached hydrogens (tertiary/aromatic N) is 3. The molecule has 18 heavy (non-hydrogen) atoms. The number of anilines is 1. The van der Waals surface area contributed by atoms with Crippen molar-refractivity contribution in [3.8, 4) is 0 Å². The lowest BCUT2D eigenvalue weighted by molar-refractivity contribution is 0.693. The van der Waals surface area contributed by atoms with Gasteiger partial charge in [-0.15, -0.1) is 0 Å². The first kappa shape index (κ1) is 12.3. The SMILES string of the molecule is Cc1cc(=O)n(Cc2cccnc2NN)c(C)n1. The first-order chi connectivity index (χ1) is 8.61. The molecule has 0 aliphatic rings. The Morgan fingerprint density at radius 1 is 1.44 bits per heavy atom. The predicted octanol–water partition coefficient (Wildman–Crippen LogP) is 0.589. The molecule has 2 rings (SSSR count). The molecule has 94 valence electrons. The number of nitrogens with one attached hydrogen (secondary N) is 1. The van der Waals surface area contributed by atoms with Crippen LogP contribution in [0, 0.1) is 13.8 Å². The summed E-state index contributed by atoms with van der Waals surface area (Å²) in [6.07, 6.45) is 1.64. The van der Waals surface area contributed by atoms with E-state index in [-0.39, 0.29) is 5.56 Å². The number of hydrogen-bond acceptors (Lipinski definition) is 5. The topological polar surface area (TPSA) is 85.8 Å². The van der Waals surface area contributed by atoms with Gasteiger partial charge < -0.3 is 5.43 Å². The summed E-state index contributed by atoms with van der Waals surface area (Å²) in [5, 5.41) is 0. The van der Waals surface area contributed by atoms with Crippen molar-refractivity contribution in [1.82, 2.24) is 14.5 Å². The van der Waals surface area contributed by atoms with Gasteiger partial charge in [-0.2, -0.15) is 0 Å². The summed E-state index contributed by atoms with van der Waals surface area (Å²) in [6.45, 7) is 4.00. The summed E-state index contributed by atoms with van der Waals surface area (Å²) >= 11 is 0. The number of nitrogens with two attached hydrogens (primary N) is 1. The normalized spacial score (nSPS) is 10.4. The number of rotatable bonds is 3. The van der Waals surface area contributed by atoms with Crippen molar-refractivity contribution in [3.05, 3.63) is 51.8 Å². The Morgan fingerprint density at radius 3 is 2.89 bits per heavy atom. The molecule has 3 N–H and O–H groups in total. The molecule has 0 fully saturated rings. The number of aryl methyl sites for hydroxylation is 2. The Labute approximate surface area is 104 Å². The summed E-state index contributed by atoms with van der Waals surface area (Å²) in [6, 6.07) is 5.19. The molecule has 0 aromatic carbocycles. The Balaban J connectivity index is 2.43. The third-order valence-electron chi connectivity index (χ3n) is 2.68. The van der Waals surface area contributed by atoms with Crippen LogP contribution in [0.25, 0.3) is 0 Å². The van der Waals surface area contributed by atoms with Crippen molar-refractivity contribution in [2.75, 3.05) is 5.43 Å². The van der Waals surface area contributed by atoms with E-state index in [1.165, 1.54) is 6.07 Å². The zero-order valence-corrected chi connectivity index (χ0v) is 10.3. The van der Waals surface area contributed by atoms with Gasteiger partial charge in [0.1, 0.15) is 11.6 Å². The van der Waals surface area contributed by atoms with Gasteiger partial charge in [0, 0.05) is 23.5 Å². The first-order valence-corrected chi connectivity index (χ1v) is 5.57. The maximum Gasteiger partial charge on any atom is 0.254 e. The van der Waals surface area contributed by atoms with Gasteiger partial charge in [-0.3, -0.25) is 9.36 Å². The van der Waals surface area contributed by atoms with E-state index in [9.17, 15) is 4.79 Å². The molecule has 0 aliphatic carbocycles. The fraction of sp³-hybridized carbons (Fsp3) is 0.250. The van der Waals surface area contributed by atoms with E-state index in [1.807, 2.05) is 6.07 Å². The fourth-order valence-electron chi connectivity index (χ4n) is 1.82.